The minimum Gasteiger partial charge on any atom is -0.487 e. The van der Waals surface area contributed by atoms with Gasteiger partial charge in [-0.1, -0.05) is 11.6 Å². The second-order valence-electron chi connectivity index (χ2n) is 5.42. The molecule has 5 nitrogen and oxygen atoms in total. The van der Waals surface area contributed by atoms with Crippen molar-refractivity contribution in [2.24, 2.45) is 0 Å². The van der Waals surface area contributed by atoms with E-state index in [0.717, 1.165) is 16.6 Å². The van der Waals surface area contributed by atoms with Gasteiger partial charge >= 0.3 is 0 Å². The van der Waals surface area contributed by atoms with Crippen LogP contribution in [0.15, 0.2) is 47.2 Å². The minimum atomic E-state index is -0.0511. The topological polar surface area (TPSA) is 51.7 Å². The molecule has 0 saturated carbocycles. The fourth-order valence-corrected chi connectivity index (χ4v) is 2.93. The Morgan fingerprint density at radius 1 is 1.33 bits per heavy atom. The lowest BCUT2D eigenvalue weighted by atomic mass is 10.3. The third kappa shape index (κ3) is 4.39. The van der Waals surface area contributed by atoms with Crippen molar-refractivity contribution in [1.82, 2.24) is 9.88 Å². The molecule has 0 N–H and O–H groups in total. The van der Waals surface area contributed by atoms with Crippen molar-refractivity contribution < 1.29 is 14.3 Å². The van der Waals surface area contributed by atoms with Crippen LogP contribution in [0.4, 0.5) is 0 Å². The van der Waals surface area contributed by atoms with Gasteiger partial charge in [0, 0.05) is 30.4 Å². The van der Waals surface area contributed by atoms with Crippen LogP contribution in [-0.2, 0) is 4.79 Å². The van der Waals surface area contributed by atoms with Crippen LogP contribution in [-0.4, -0.2) is 41.6 Å². The first-order chi connectivity index (χ1) is 11.6. The van der Waals surface area contributed by atoms with Crippen LogP contribution in [0.5, 0.6) is 11.5 Å². The summed E-state index contributed by atoms with van der Waals surface area (Å²) in [5, 5.41) is 0.635. The van der Waals surface area contributed by atoms with Crippen molar-refractivity contribution >= 4 is 33.4 Å². The Balaban J connectivity index is 1.49. The van der Waals surface area contributed by atoms with E-state index >= 15 is 0 Å². The molecule has 1 saturated heterocycles. The van der Waals surface area contributed by atoms with Gasteiger partial charge in [-0.25, -0.2) is 0 Å². The van der Waals surface area contributed by atoms with Crippen LogP contribution in [0.25, 0.3) is 0 Å². The molecule has 0 aliphatic carbocycles. The van der Waals surface area contributed by atoms with E-state index in [9.17, 15) is 4.79 Å². The minimum absolute atomic E-state index is 0.00725. The molecule has 24 heavy (non-hydrogen) atoms. The van der Waals surface area contributed by atoms with E-state index < -0.39 is 0 Å². The van der Waals surface area contributed by atoms with Crippen LogP contribution in [0.1, 0.15) is 6.42 Å². The highest BCUT2D eigenvalue weighted by Crippen LogP contribution is 2.26. The molecule has 0 spiro atoms. The molecular weight excluding hydrogens is 396 g/mol. The van der Waals surface area contributed by atoms with Gasteiger partial charge in [-0.05, 0) is 46.3 Å². The van der Waals surface area contributed by atoms with Crippen molar-refractivity contribution in [1.29, 1.82) is 0 Å². The Morgan fingerprint density at radius 2 is 2.12 bits per heavy atom. The lowest BCUT2D eigenvalue weighted by molar-refractivity contribution is -0.132. The SMILES string of the molecule is O=C(COc1ccc(Cl)cc1)N1CCC(Oc2ccncc2Br)C1. The number of ether oxygens (including phenoxy) is 2. The molecule has 1 amide bonds. The number of amides is 1. The maximum absolute atomic E-state index is 12.3. The van der Waals surface area contributed by atoms with Crippen LogP contribution < -0.4 is 9.47 Å². The van der Waals surface area contributed by atoms with Crippen LogP contribution in [0, 0.1) is 0 Å². The van der Waals surface area contributed by atoms with Gasteiger partial charge in [0.05, 0.1) is 11.0 Å². The number of carbonyl (C=O) groups is 1. The number of halogens is 2. The highest BCUT2D eigenvalue weighted by molar-refractivity contribution is 9.10. The Hall–Kier alpha value is -1.79. The number of hydrogen-bond acceptors (Lipinski definition) is 4. The molecule has 1 aromatic heterocycles. The van der Waals surface area contributed by atoms with E-state index in [1.165, 1.54) is 0 Å². The van der Waals surface area contributed by atoms with Gasteiger partial charge in [0.1, 0.15) is 17.6 Å². The monoisotopic (exact) mass is 410 g/mol. The van der Waals surface area contributed by atoms with E-state index in [1.807, 2.05) is 0 Å². The Bertz CT molecular complexity index is 711. The highest BCUT2D eigenvalue weighted by atomic mass is 79.9. The van der Waals surface area contributed by atoms with Crippen LogP contribution in [0.2, 0.25) is 5.02 Å². The van der Waals surface area contributed by atoms with E-state index in [1.54, 1.807) is 47.6 Å². The Labute approximate surface area is 153 Å². The Morgan fingerprint density at radius 3 is 2.88 bits per heavy atom. The maximum Gasteiger partial charge on any atom is 0.260 e. The molecule has 1 fully saturated rings. The summed E-state index contributed by atoms with van der Waals surface area (Å²) in [6.45, 7) is 1.22. The predicted octanol–water partition coefficient (Wildman–Crippen LogP) is 3.56. The van der Waals surface area contributed by atoms with Gasteiger partial charge in [-0.3, -0.25) is 9.78 Å². The first-order valence-corrected chi connectivity index (χ1v) is 8.71. The van der Waals surface area contributed by atoms with E-state index in [2.05, 4.69) is 20.9 Å². The molecule has 3 rings (SSSR count). The van der Waals surface area contributed by atoms with Gasteiger partial charge < -0.3 is 14.4 Å². The fraction of sp³-hybridized carbons (Fsp3) is 0.294. The molecular formula is C17H16BrClN2O3. The van der Waals surface area contributed by atoms with Gasteiger partial charge in [-0.15, -0.1) is 0 Å². The number of benzene rings is 1. The first kappa shape index (κ1) is 17.0. The molecule has 1 aliphatic rings. The number of likely N-dealkylation sites (tertiary alicyclic amines) is 1. The van der Waals surface area contributed by atoms with Crippen LogP contribution in [0.3, 0.4) is 0 Å². The molecule has 2 heterocycles. The summed E-state index contributed by atoms with van der Waals surface area (Å²) in [5.41, 5.74) is 0. The summed E-state index contributed by atoms with van der Waals surface area (Å²) in [5.74, 6) is 1.31. The summed E-state index contributed by atoms with van der Waals surface area (Å²) in [4.78, 5) is 18.0. The molecule has 0 bridgehead atoms. The van der Waals surface area contributed by atoms with Crippen molar-refractivity contribution in [3.05, 3.63) is 52.2 Å². The number of nitrogens with zero attached hydrogens (tertiary/aromatic N) is 2. The second-order valence-corrected chi connectivity index (χ2v) is 6.71. The molecule has 1 aromatic carbocycles. The summed E-state index contributed by atoms with van der Waals surface area (Å²) in [6, 6.07) is 8.75. The summed E-state index contributed by atoms with van der Waals surface area (Å²) >= 11 is 9.23. The van der Waals surface area contributed by atoms with E-state index in [-0.39, 0.29) is 18.6 Å². The molecule has 126 valence electrons. The highest BCUT2D eigenvalue weighted by Gasteiger charge is 2.28. The van der Waals surface area contributed by atoms with Gasteiger partial charge in [0.15, 0.2) is 6.61 Å². The van der Waals surface area contributed by atoms with Crippen molar-refractivity contribution in [3.8, 4) is 11.5 Å². The summed E-state index contributed by atoms with van der Waals surface area (Å²) in [6.07, 6.45) is 4.13. The van der Waals surface area contributed by atoms with E-state index in [4.69, 9.17) is 21.1 Å². The number of aromatic nitrogens is 1. The molecule has 1 unspecified atom stereocenters. The fourth-order valence-electron chi connectivity index (χ4n) is 2.46. The molecule has 1 aliphatic heterocycles. The maximum atomic E-state index is 12.3. The lowest BCUT2D eigenvalue weighted by Gasteiger charge is -2.18. The third-order valence-electron chi connectivity index (χ3n) is 3.70. The number of hydrogen-bond donors (Lipinski definition) is 0. The molecule has 2 aromatic rings. The second kappa shape index (κ2) is 7.85. The quantitative estimate of drug-likeness (QED) is 0.755. The normalized spacial score (nSPS) is 16.9. The number of carbonyl (C=O) groups excluding carboxylic acids is 1. The zero-order valence-corrected chi connectivity index (χ0v) is 15.2. The van der Waals surface area contributed by atoms with Gasteiger partial charge in [-0.2, -0.15) is 0 Å². The summed E-state index contributed by atoms with van der Waals surface area (Å²) < 4.78 is 12.2. The summed E-state index contributed by atoms with van der Waals surface area (Å²) in [7, 11) is 0. The molecule has 7 heteroatoms. The van der Waals surface area contributed by atoms with Crippen molar-refractivity contribution in [2.75, 3.05) is 19.7 Å². The average Bonchev–Trinajstić information content (AvgIpc) is 3.05. The predicted molar refractivity (Wildman–Crippen MR) is 94.5 cm³/mol. The van der Waals surface area contributed by atoms with Crippen molar-refractivity contribution in [2.45, 2.75) is 12.5 Å². The first-order valence-electron chi connectivity index (χ1n) is 7.54. The van der Waals surface area contributed by atoms with Gasteiger partial charge in [0.25, 0.3) is 5.91 Å². The van der Waals surface area contributed by atoms with Crippen molar-refractivity contribution in [3.63, 3.8) is 0 Å². The lowest BCUT2D eigenvalue weighted by Crippen LogP contribution is -2.34. The average molecular weight is 412 g/mol. The number of pyridine rings is 1. The Kier molecular flexibility index (Phi) is 5.58. The molecule has 1 atom stereocenters. The smallest absolute Gasteiger partial charge is 0.260 e. The van der Waals surface area contributed by atoms with Gasteiger partial charge in [0.2, 0.25) is 0 Å². The van der Waals surface area contributed by atoms with Crippen LogP contribution >= 0.6 is 27.5 Å². The largest absolute Gasteiger partial charge is 0.487 e. The zero-order valence-electron chi connectivity index (χ0n) is 12.8. The number of rotatable bonds is 5. The standard InChI is InChI=1S/C17H16BrClN2O3/c18-15-9-20-7-5-16(15)24-14-6-8-21(10-14)17(22)11-23-13-3-1-12(19)2-4-13/h1-5,7,9,14H,6,8,10-11H2. The molecule has 0 radical (unpaired) electrons. The third-order valence-corrected chi connectivity index (χ3v) is 4.55. The van der Waals surface area contributed by atoms with E-state index in [0.29, 0.717) is 23.9 Å². The zero-order chi connectivity index (χ0) is 16.9.